The highest BCUT2D eigenvalue weighted by Gasteiger charge is 2.67. The van der Waals surface area contributed by atoms with Gasteiger partial charge >= 0.3 is 0 Å². The van der Waals surface area contributed by atoms with E-state index in [0.29, 0.717) is 29.5 Å². The maximum absolute atomic E-state index is 12.0. The van der Waals surface area contributed by atoms with Gasteiger partial charge in [0.05, 0.1) is 0 Å². The number of hydrogen-bond acceptors (Lipinski definition) is 6. The van der Waals surface area contributed by atoms with Gasteiger partial charge in [-0.2, -0.15) is 11.8 Å². The molecule has 0 aromatic heterocycles. The third-order valence-electron chi connectivity index (χ3n) is 7.49. The van der Waals surface area contributed by atoms with Crippen LogP contribution in [0.2, 0.25) is 0 Å². The fourth-order valence-electron chi connectivity index (χ4n) is 5.09. The molecule has 8 heteroatoms. The zero-order chi connectivity index (χ0) is 22.6. The predicted octanol–water partition coefficient (Wildman–Crippen LogP) is 3.82. The van der Waals surface area contributed by atoms with E-state index in [0.717, 1.165) is 18.6 Å². The van der Waals surface area contributed by atoms with Gasteiger partial charge in [-0.15, -0.1) is 0 Å². The van der Waals surface area contributed by atoms with Crippen LogP contribution in [-0.2, 0) is 30.6 Å². The Bertz CT molecular complexity index is 712. The number of thioether (sulfide) groups is 1. The molecular weight excluding hydrogens is 440 g/mol. The Morgan fingerprint density at radius 1 is 1.17 bits per heavy atom. The van der Waals surface area contributed by atoms with Crippen LogP contribution in [0.5, 0.6) is 0 Å². The molecule has 3 fully saturated rings. The Hall–Kier alpha value is -0.0500. The summed E-state index contributed by atoms with van der Waals surface area (Å²) in [5.41, 5.74) is -0.994. The normalized spacial score (nSPS) is 30.8. The average Bonchev–Trinajstić information content (AvgIpc) is 2.98. The predicted molar refractivity (Wildman–Crippen MR) is 126 cm³/mol. The number of ketones is 2. The average molecular weight is 479 g/mol. The van der Waals surface area contributed by atoms with Crippen molar-refractivity contribution in [3.05, 3.63) is 0 Å². The van der Waals surface area contributed by atoms with Crippen LogP contribution < -0.4 is 0 Å². The van der Waals surface area contributed by atoms with Crippen LogP contribution in [-0.4, -0.2) is 58.6 Å². The van der Waals surface area contributed by atoms with E-state index in [1.165, 1.54) is 42.3 Å². The first-order valence-electron chi connectivity index (χ1n) is 11.2. The molecule has 30 heavy (non-hydrogen) atoms. The van der Waals surface area contributed by atoms with Crippen molar-refractivity contribution in [2.24, 2.45) is 16.7 Å². The largest absolute Gasteiger partial charge is 0.747 e. The Kier molecular flexibility index (Phi) is 9.36. The van der Waals surface area contributed by atoms with Crippen LogP contribution in [0.4, 0.5) is 0 Å². The third-order valence-corrected chi connectivity index (χ3v) is 12.5. The second-order valence-electron chi connectivity index (χ2n) is 9.60. The first kappa shape index (κ1) is 26.2. The van der Waals surface area contributed by atoms with E-state index in [2.05, 4.69) is 6.92 Å². The molecule has 0 aromatic rings. The molecule has 2 bridgehead atoms. The number of fused-ring (bicyclic) bond motifs is 2. The van der Waals surface area contributed by atoms with E-state index in [9.17, 15) is 22.6 Å². The number of carbonyl (C=O) groups excluding carboxylic acids is 2. The Balaban J connectivity index is 0.000000214. The van der Waals surface area contributed by atoms with E-state index < -0.39 is 20.8 Å². The van der Waals surface area contributed by atoms with Crippen molar-refractivity contribution in [1.29, 1.82) is 0 Å². The molecule has 0 amide bonds. The minimum atomic E-state index is -4.49. The Morgan fingerprint density at radius 3 is 2.27 bits per heavy atom. The number of Topliss-reactive ketones (excluding diaryl/α,β-unsaturated/α-hetero) is 2. The molecule has 2 saturated carbocycles. The molecule has 1 heterocycles. The zero-order valence-corrected chi connectivity index (χ0v) is 21.4. The van der Waals surface area contributed by atoms with Crippen LogP contribution >= 0.6 is 11.8 Å². The van der Waals surface area contributed by atoms with Gasteiger partial charge in [-0.3, -0.25) is 9.59 Å². The van der Waals surface area contributed by atoms with Crippen LogP contribution in [0.15, 0.2) is 0 Å². The minimum Gasteiger partial charge on any atom is -0.747 e. The number of rotatable bonds is 8. The van der Waals surface area contributed by atoms with Gasteiger partial charge in [-0.1, -0.05) is 47.0 Å². The lowest BCUT2D eigenvalue weighted by Gasteiger charge is -2.32. The van der Waals surface area contributed by atoms with Gasteiger partial charge in [-0.25, -0.2) is 8.42 Å². The highest BCUT2D eigenvalue weighted by molar-refractivity contribution is 8.05. The van der Waals surface area contributed by atoms with Crippen molar-refractivity contribution in [3.63, 3.8) is 0 Å². The highest BCUT2D eigenvalue weighted by atomic mass is 32.2. The van der Waals surface area contributed by atoms with Gasteiger partial charge < -0.3 is 4.55 Å². The molecule has 3 rings (SSSR count). The first-order valence-corrected chi connectivity index (χ1v) is 15.5. The van der Waals surface area contributed by atoms with E-state index in [1.807, 2.05) is 25.6 Å². The van der Waals surface area contributed by atoms with Crippen molar-refractivity contribution >= 4 is 44.3 Å². The fraction of sp³-hybridized carbons (Fsp3) is 0.909. The monoisotopic (exact) mass is 478 g/mol. The van der Waals surface area contributed by atoms with Gasteiger partial charge in [-0.05, 0) is 41.5 Å². The summed E-state index contributed by atoms with van der Waals surface area (Å²) in [6.45, 7) is 7.80. The number of unbranched alkanes of at least 4 members (excludes halogenated alkanes) is 3. The van der Waals surface area contributed by atoms with Crippen molar-refractivity contribution in [2.45, 2.75) is 77.9 Å². The number of hydrogen-bond donors (Lipinski definition) is 0. The molecular formula is C22H38O5S3. The lowest BCUT2D eigenvalue weighted by molar-refractivity contribution is -0.128. The zero-order valence-electron chi connectivity index (χ0n) is 18.9. The lowest BCUT2D eigenvalue weighted by atomic mass is 9.70. The SMILES string of the molecule is CC12CCC(C(S(=O)(=O)[O-])C1=O)C2(C)C.CCCCCCC(=O)C[S+]1CCSCC1. The maximum Gasteiger partial charge on any atom is 0.181 e. The molecule has 0 spiro atoms. The van der Waals surface area contributed by atoms with Crippen LogP contribution in [0.3, 0.4) is 0 Å². The summed E-state index contributed by atoms with van der Waals surface area (Å²) in [6, 6.07) is 0. The summed E-state index contributed by atoms with van der Waals surface area (Å²) in [4.78, 5) is 23.6. The minimum absolute atomic E-state index is 0.294. The Labute approximate surface area is 190 Å². The fourth-order valence-corrected chi connectivity index (χ4v) is 10.6. The Morgan fingerprint density at radius 2 is 1.80 bits per heavy atom. The smallest absolute Gasteiger partial charge is 0.181 e. The van der Waals surface area contributed by atoms with Crippen LogP contribution in [0, 0.1) is 16.7 Å². The summed E-state index contributed by atoms with van der Waals surface area (Å²) in [5.74, 6) is 5.93. The van der Waals surface area contributed by atoms with Crippen molar-refractivity contribution in [3.8, 4) is 0 Å². The van der Waals surface area contributed by atoms with E-state index in [-0.39, 0.29) is 17.1 Å². The molecule has 174 valence electrons. The standard InChI is InChI=1S/C12H23OS2.C10H16O4S/c1-2-3-4-5-6-12(13)11-15-9-7-14-8-10-15;1-9(2)6-4-5-10(9,3)8(11)7(6)15(12,13)14/h2-11H2,1H3;6-7H,4-5H2,1-3H3,(H,12,13,14)/q+1;/p-1. The summed E-state index contributed by atoms with van der Waals surface area (Å²) in [5, 5.41) is -1.30. The second kappa shape index (κ2) is 10.7. The van der Waals surface area contributed by atoms with Crippen LogP contribution in [0.1, 0.15) is 72.6 Å². The van der Waals surface area contributed by atoms with Crippen LogP contribution in [0.25, 0.3) is 0 Å². The third kappa shape index (κ3) is 5.84. The van der Waals surface area contributed by atoms with Gasteiger partial charge in [0.2, 0.25) is 0 Å². The summed E-state index contributed by atoms with van der Waals surface area (Å²) in [6.07, 6.45) is 7.13. The van der Waals surface area contributed by atoms with E-state index >= 15 is 0 Å². The molecule has 1 saturated heterocycles. The van der Waals surface area contributed by atoms with Crippen molar-refractivity contribution in [1.82, 2.24) is 0 Å². The quantitative estimate of drug-likeness (QED) is 0.299. The molecule has 2 aliphatic carbocycles. The summed E-state index contributed by atoms with van der Waals surface area (Å²) in [7, 11) is -4.04. The van der Waals surface area contributed by atoms with Crippen molar-refractivity contribution < 1.29 is 22.6 Å². The van der Waals surface area contributed by atoms with Gasteiger partial charge in [0, 0.05) is 23.3 Å². The summed E-state index contributed by atoms with van der Waals surface area (Å²) >= 11 is 2.05. The van der Waals surface area contributed by atoms with Crippen molar-refractivity contribution in [2.75, 3.05) is 28.8 Å². The molecule has 0 aromatic carbocycles. The maximum atomic E-state index is 12.0. The van der Waals surface area contributed by atoms with E-state index in [1.54, 1.807) is 6.92 Å². The number of carbonyl (C=O) groups is 2. The first-order chi connectivity index (χ1) is 13.9. The molecule has 0 N–H and O–H groups in total. The molecule has 1 aliphatic heterocycles. The molecule has 5 nitrogen and oxygen atoms in total. The second-order valence-corrected chi connectivity index (χ2v) is 14.7. The highest BCUT2D eigenvalue weighted by Crippen LogP contribution is 2.64. The molecule has 3 atom stereocenters. The molecule has 3 unspecified atom stereocenters. The van der Waals surface area contributed by atoms with E-state index in [4.69, 9.17) is 0 Å². The topological polar surface area (TPSA) is 91.3 Å². The van der Waals surface area contributed by atoms with Gasteiger partial charge in [0.25, 0.3) is 0 Å². The molecule has 0 radical (unpaired) electrons. The van der Waals surface area contributed by atoms with Gasteiger partial charge in [0.1, 0.15) is 26.9 Å². The lowest BCUT2D eigenvalue weighted by Crippen LogP contribution is -2.38. The van der Waals surface area contributed by atoms with Gasteiger partial charge in [0.15, 0.2) is 17.3 Å². The summed E-state index contributed by atoms with van der Waals surface area (Å²) < 4.78 is 33.3. The molecule has 3 aliphatic rings.